The molecule has 0 fully saturated rings. The summed E-state index contributed by atoms with van der Waals surface area (Å²) in [6.07, 6.45) is 6.79. The summed E-state index contributed by atoms with van der Waals surface area (Å²) in [5, 5.41) is 0. The molecular weight excluding hydrogens is 298 g/mol. The average molecular weight is 317 g/mol. The molecule has 0 saturated carbocycles. The molecule has 0 saturated heterocycles. The van der Waals surface area contributed by atoms with Gasteiger partial charge in [0.2, 0.25) is 0 Å². The lowest BCUT2D eigenvalue weighted by Crippen LogP contribution is -2.30. The number of aromatic nitrogens is 2. The molecule has 0 aliphatic heterocycles. The number of benzene rings is 1. The van der Waals surface area contributed by atoms with Crippen LogP contribution in [-0.4, -0.2) is 15.9 Å². The average Bonchev–Trinajstić information content (AvgIpc) is 2.60. The molecule has 0 unspecified atom stereocenters. The van der Waals surface area contributed by atoms with Crippen LogP contribution in [0.3, 0.4) is 0 Å². The van der Waals surface area contributed by atoms with Crippen molar-refractivity contribution in [2.24, 2.45) is 0 Å². The van der Waals surface area contributed by atoms with E-state index >= 15 is 0 Å². The van der Waals surface area contributed by atoms with E-state index in [-0.39, 0.29) is 5.91 Å². The van der Waals surface area contributed by atoms with E-state index in [1.807, 2.05) is 38.1 Å². The number of pyridine rings is 2. The minimum Gasteiger partial charge on any atom is -0.304 e. The number of hydrogen-bond donors (Lipinski definition) is 0. The summed E-state index contributed by atoms with van der Waals surface area (Å²) in [7, 11) is 0. The highest BCUT2D eigenvalue weighted by atomic mass is 16.2. The van der Waals surface area contributed by atoms with E-state index in [0.717, 1.165) is 22.4 Å². The SMILES string of the molecule is Cc1cc(C)cc(N(Cc2cccnc2)C(=O)c2ccncc2)c1. The molecule has 0 atom stereocenters. The molecule has 1 amide bonds. The van der Waals surface area contributed by atoms with E-state index in [1.54, 1.807) is 41.8 Å². The molecule has 0 spiro atoms. The molecule has 120 valence electrons. The highest BCUT2D eigenvalue weighted by Crippen LogP contribution is 2.23. The number of carbonyl (C=O) groups is 1. The van der Waals surface area contributed by atoms with Crippen LogP contribution in [0.25, 0.3) is 0 Å². The molecule has 4 nitrogen and oxygen atoms in total. The van der Waals surface area contributed by atoms with Crippen LogP contribution in [0.4, 0.5) is 5.69 Å². The number of carbonyl (C=O) groups excluding carboxylic acids is 1. The smallest absolute Gasteiger partial charge is 0.258 e. The molecule has 2 heterocycles. The van der Waals surface area contributed by atoms with Crippen LogP contribution in [0.5, 0.6) is 0 Å². The third-order valence-corrected chi connectivity index (χ3v) is 3.75. The van der Waals surface area contributed by atoms with Gasteiger partial charge in [-0.3, -0.25) is 14.8 Å². The van der Waals surface area contributed by atoms with Crippen LogP contribution in [0, 0.1) is 13.8 Å². The van der Waals surface area contributed by atoms with Gasteiger partial charge in [0.05, 0.1) is 6.54 Å². The van der Waals surface area contributed by atoms with Gasteiger partial charge in [0.1, 0.15) is 0 Å². The first-order chi connectivity index (χ1) is 11.6. The van der Waals surface area contributed by atoms with Crippen molar-refractivity contribution < 1.29 is 4.79 Å². The molecule has 0 radical (unpaired) electrons. The van der Waals surface area contributed by atoms with Crippen LogP contribution in [0.1, 0.15) is 27.0 Å². The second kappa shape index (κ2) is 7.04. The molecule has 1 aromatic carbocycles. The Bertz CT molecular complexity index is 812. The fourth-order valence-corrected chi connectivity index (χ4v) is 2.71. The summed E-state index contributed by atoms with van der Waals surface area (Å²) in [6, 6.07) is 13.5. The minimum atomic E-state index is -0.0498. The molecule has 0 aliphatic rings. The zero-order valence-electron chi connectivity index (χ0n) is 13.8. The molecule has 24 heavy (non-hydrogen) atoms. The van der Waals surface area contributed by atoms with Gasteiger partial charge in [-0.1, -0.05) is 12.1 Å². The summed E-state index contributed by atoms with van der Waals surface area (Å²) in [5.74, 6) is -0.0498. The maximum atomic E-state index is 13.1. The Hall–Kier alpha value is -3.01. The van der Waals surface area contributed by atoms with Crippen molar-refractivity contribution >= 4 is 11.6 Å². The van der Waals surface area contributed by atoms with Crippen LogP contribution >= 0.6 is 0 Å². The largest absolute Gasteiger partial charge is 0.304 e. The zero-order chi connectivity index (χ0) is 16.9. The van der Waals surface area contributed by atoms with Crippen LogP contribution in [0.2, 0.25) is 0 Å². The van der Waals surface area contributed by atoms with Crippen molar-refractivity contribution in [3.63, 3.8) is 0 Å². The summed E-state index contributed by atoms with van der Waals surface area (Å²) in [6.45, 7) is 4.54. The lowest BCUT2D eigenvalue weighted by atomic mass is 10.1. The summed E-state index contributed by atoms with van der Waals surface area (Å²) >= 11 is 0. The third-order valence-electron chi connectivity index (χ3n) is 3.75. The van der Waals surface area contributed by atoms with Crippen molar-refractivity contribution in [2.45, 2.75) is 20.4 Å². The lowest BCUT2D eigenvalue weighted by Gasteiger charge is -2.24. The van der Waals surface area contributed by atoms with E-state index in [9.17, 15) is 4.79 Å². The summed E-state index contributed by atoms with van der Waals surface area (Å²) in [4.78, 5) is 23.0. The first kappa shape index (κ1) is 15.9. The van der Waals surface area contributed by atoms with Crippen molar-refractivity contribution in [2.75, 3.05) is 4.90 Å². The maximum absolute atomic E-state index is 13.1. The number of hydrogen-bond acceptors (Lipinski definition) is 3. The van der Waals surface area contributed by atoms with Gasteiger partial charge < -0.3 is 4.90 Å². The molecule has 0 N–H and O–H groups in total. The van der Waals surface area contributed by atoms with E-state index in [0.29, 0.717) is 12.1 Å². The van der Waals surface area contributed by atoms with E-state index in [1.165, 1.54) is 0 Å². The second-order valence-electron chi connectivity index (χ2n) is 5.83. The Morgan fingerprint density at radius 1 is 0.958 bits per heavy atom. The number of rotatable bonds is 4. The van der Waals surface area contributed by atoms with E-state index < -0.39 is 0 Å². The van der Waals surface area contributed by atoms with Crippen LogP contribution in [0.15, 0.2) is 67.3 Å². The Kier molecular flexibility index (Phi) is 4.66. The van der Waals surface area contributed by atoms with Gasteiger partial charge >= 0.3 is 0 Å². The van der Waals surface area contributed by atoms with Gasteiger partial charge in [-0.25, -0.2) is 0 Å². The Labute approximate surface area is 141 Å². The van der Waals surface area contributed by atoms with Crippen LogP contribution in [-0.2, 0) is 6.54 Å². The first-order valence-corrected chi connectivity index (χ1v) is 7.82. The van der Waals surface area contributed by atoms with Crippen molar-refractivity contribution in [1.82, 2.24) is 9.97 Å². The monoisotopic (exact) mass is 317 g/mol. The maximum Gasteiger partial charge on any atom is 0.258 e. The topological polar surface area (TPSA) is 46.1 Å². The Balaban J connectivity index is 2.01. The summed E-state index contributed by atoms with van der Waals surface area (Å²) < 4.78 is 0. The zero-order valence-corrected chi connectivity index (χ0v) is 13.8. The Morgan fingerprint density at radius 2 is 1.67 bits per heavy atom. The molecular formula is C20H19N3O. The van der Waals surface area contributed by atoms with E-state index in [4.69, 9.17) is 0 Å². The Morgan fingerprint density at radius 3 is 2.29 bits per heavy atom. The first-order valence-electron chi connectivity index (χ1n) is 7.82. The standard InChI is InChI=1S/C20H19N3O/c1-15-10-16(2)12-19(11-15)23(14-17-4-3-7-22-13-17)20(24)18-5-8-21-9-6-18/h3-13H,14H2,1-2H3. The minimum absolute atomic E-state index is 0.0498. The number of anilines is 1. The van der Waals surface area contributed by atoms with Crippen molar-refractivity contribution in [3.8, 4) is 0 Å². The molecule has 0 aliphatic carbocycles. The fraction of sp³-hybridized carbons (Fsp3) is 0.150. The lowest BCUT2D eigenvalue weighted by molar-refractivity contribution is 0.0985. The van der Waals surface area contributed by atoms with Crippen molar-refractivity contribution in [1.29, 1.82) is 0 Å². The predicted octanol–water partition coefficient (Wildman–Crippen LogP) is 3.94. The van der Waals surface area contributed by atoms with Gasteiger partial charge in [0, 0.05) is 36.0 Å². The second-order valence-corrected chi connectivity index (χ2v) is 5.83. The molecule has 3 rings (SSSR count). The molecule has 3 aromatic rings. The predicted molar refractivity (Wildman–Crippen MR) is 94.9 cm³/mol. The van der Waals surface area contributed by atoms with Gasteiger partial charge in [-0.05, 0) is 60.9 Å². The number of aryl methyl sites for hydroxylation is 2. The molecule has 0 bridgehead atoms. The molecule has 2 aromatic heterocycles. The van der Waals surface area contributed by atoms with Crippen LogP contribution < -0.4 is 4.90 Å². The van der Waals surface area contributed by atoms with Gasteiger partial charge in [0.15, 0.2) is 0 Å². The fourth-order valence-electron chi connectivity index (χ4n) is 2.71. The summed E-state index contributed by atoms with van der Waals surface area (Å²) in [5.41, 5.74) is 4.75. The number of nitrogens with zero attached hydrogens (tertiary/aromatic N) is 3. The highest BCUT2D eigenvalue weighted by Gasteiger charge is 2.18. The normalized spacial score (nSPS) is 10.4. The van der Waals surface area contributed by atoms with E-state index in [2.05, 4.69) is 16.0 Å². The van der Waals surface area contributed by atoms with Gasteiger partial charge in [-0.15, -0.1) is 0 Å². The van der Waals surface area contributed by atoms with Crippen molar-refractivity contribution in [3.05, 3.63) is 89.5 Å². The third kappa shape index (κ3) is 3.66. The highest BCUT2D eigenvalue weighted by molar-refractivity contribution is 6.06. The van der Waals surface area contributed by atoms with Gasteiger partial charge in [-0.2, -0.15) is 0 Å². The molecule has 4 heteroatoms. The van der Waals surface area contributed by atoms with Gasteiger partial charge in [0.25, 0.3) is 5.91 Å². The quantitative estimate of drug-likeness (QED) is 0.732. The number of amides is 1.